The molecular formula is C14H12N2O4S2. The average Bonchev–Trinajstić information content (AvgIpc) is 3.23. The van der Waals surface area contributed by atoms with E-state index < -0.39 is 0 Å². The Balaban J connectivity index is 1.70. The lowest BCUT2D eigenvalue weighted by atomic mass is 10.3. The van der Waals surface area contributed by atoms with Gasteiger partial charge in [-0.2, -0.15) is 0 Å². The van der Waals surface area contributed by atoms with Gasteiger partial charge in [-0.05, 0) is 12.1 Å². The Morgan fingerprint density at radius 3 is 1.68 bits per heavy atom. The molecule has 2 fully saturated rings. The van der Waals surface area contributed by atoms with Crippen LogP contribution in [0.2, 0.25) is 0 Å². The molecule has 114 valence electrons. The number of hydrogen-bond acceptors (Lipinski definition) is 6. The molecule has 8 heteroatoms. The summed E-state index contributed by atoms with van der Waals surface area (Å²) in [6, 6.07) is 3.65. The number of nitrogens with zero attached hydrogens (tertiary/aromatic N) is 2. The fourth-order valence-corrected chi connectivity index (χ4v) is 4.85. The Hall–Kier alpha value is -1.80. The van der Waals surface area contributed by atoms with Crippen LogP contribution in [0.15, 0.2) is 46.0 Å². The molecule has 0 aromatic carbocycles. The summed E-state index contributed by atoms with van der Waals surface area (Å²) in [7, 11) is 0. The fourth-order valence-electron chi connectivity index (χ4n) is 2.61. The second kappa shape index (κ2) is 5.44. The zero-order chi connectivity index (χ0) is 15.1. The molecule has 0 spiro atoms. The Morgan fingerprint density at radius 1 is 0.864 bits per heavy atom. The maximum absolute atomic E-state index is 12.4. The zero-order valence-electron chi connectivity index (χ0n) is 11.4. The van der Waals surface area contributed by atoms with Crippen LogP contribution in [0, 0.1) is 0 Å². The molecular weight excluding hydrogens is 324 g/mol. The lowest BCUT2D eigenvalue weighted by Crippen LogP contribution is -2.46. The summed E-state index contributed by atoms with van der Waals surface area (Å²) >= 11 is 2.99. The zero-order valence-corrected chi connectivity index (χ0v) is 13.0. The number of furan rings is 2. The standard InChI is InChI=1S/C14H12N2O4S2/c17-11-7-21-13(9-1-3-19-5-9)15(11)16-12(18)8-22-14(16)10-2-4-20-6-10/h1-6,13-14H,7-8H2. The maximum Gasteiger partial charge on any atom is 0.252 e. The van der Waals surface area contributed by atoms with E-state index in [0.29, 0.717) is 11.5 Å². The first kappa shape index (κ1) is 13.8. The van der Waals surface area contributed by atoms with Crippen LogP contribution in [-0.4, -0.2) is 33.3 Å². The lowest BCUT2D eigenvalue weighted by molar-refractivity contribution is -0.161. The van der Waals surface area contributed by atoms with Crippen LogP contribution in [0.25, 0.3) is 0 Å². The molecule has 2 aromatic rings. The summed E-state index contributed by atoms with van der Waals surface area (Å²) in [4.78, 5) is 24.8. The number of amides is 2. The molecule has 2 saturated heterocycles. The van der Waals surface area contributed by atoms with Crippen LogP contribution < -0.4 is 0 Å². The van der Waals surface area contributed by atoms with Crippen molar-refractivity contribution in [1.29, 1.82) is 0 Å². The van der Waals surface area contributed by atoms with E-state index in [4.69, 9.17) is 8.83 Å². The van der Waals surface area contributed by atoms with Gasteiger partial charge in [-0.3, -0.25) is 9.59 Å². The third-order valence-corrected chi connectivity index (χ3v) is 5.98. The van der Waals surface area contributed by atoms with Crippen molar-refractivity contribution in [3.63, 3.8) is 0 Å². The summed E-state index contributed by atoms with van der Waals surface area (Å²) in [5.41, 5.74) is 1.76. The van der Waals surface area contributed by atoms with Crippen molar-refractivity contribution in [3.8, 4) is 0 Å². The highest BCUT2D eigenvalue weighted by Crippen LogP contribution is 2.47. The minimum atomic E-state index is -0.233. The van der Waals surface area contributed by atoms with Crippen molar-refractivity contribution >= 4 is 35.3 Å². The molecule has 0 saturated carbocycles. The molecule has 4 rings (SSSR count). The number of carbonyl (C=O) groups excluding carboxylic acids is 2. The van der Waals surface area contributed by atoms with Gasteiger partial charge in [0.1, 0.15) is 10.7 Å². The van der Waals surface area contributed by atoms with Gasteiger partial charge in [-0.25, -0.2) is 10.0 Å². The first-order valence-electron chi connectivity index (χ1n) is 6.67. The molecule has 0 N–H and O–H groups in total. The van der Waals surface area contributed by atoms with Crippen molar-refractivity contribution in [2.45, 2.75) is 10.7 Å². The van der Waals surface area contributed by atoms with Gasteiger partial charge < -0.3 is 8.83 Å². The molecule has 6 nitrogen and oxygen atoms in total. The smallest absolute Gasteiger partial charge is 0.252 e. The van der Waals surface area contributed by atoms with Gasteiger partial charge in [0.25, 0.3) is 11.8 Å². The van der Waals surface area contributed by atoms with E-state index in [1.165, 1.54) is 23.5 Å². The van der Waals surface area contributed by atoms with Gasteiger partial charge in [-0.15, -0.1) is 23.5 Å². The van der Waals surface area contributed by atoms with E-state index in [1.807, 2.05) is 12.1 Å². The largest absolute Gasteiger partial charge is 0.472 e. The summed E-state index contributed by atoms with van der Waals surface area (Å²) in [6.07, 6.45) is 6.38. The van der Waals surface area contributed by atoms with Crippen LogP contribution in [0.1, 0.15) is 21.9 Å². The van der Waals surface area contributed by atoms with E-state index in [-0.39, 0.29) is 22.6 Å². The molecule has 2 aromatic heterocycles. The van der Waals surface area contributed by atoms with Crippen LogP contribution in [0.5, 0.6) is 0 Å². The summed E-state index contributed by atoms with van der Waals surface area (Å²) in [5, 5.41) is 2.66. The monoisotopic (exact) mass is 336 g/mol. The minimum Gasteiger partial charge on any atom is -0.472 e. The van der Waals surface area contributed by atoms with E-state index in [1.54, 1.807) is 35.1 Å². The Morgan fingerprint density at radius 2 is 1.32 bits per heavy atom. The highest BCUT2D eigenvalue weighted by atomic mass is 32.2. The average molecular weight is 336 g/mol. The number of hydrogen-bond donors (Lipinski definition) is 0. The third kappa shape index (κ3) is 2.14. The summed E-state index contributed by atoms with van der Waals surface area (Å²) < 4.78 is 10.2. The predicted octanol–water partition coefficient (Wildman–Crippen LogP) is 2.64. The minimum absolute atomic E-state index is 0.0689. The number of hydrazine groups is 1. The second-order valence-electron chi connectivity index (χ2n) is 4.92. The molecule has 4 heterocycles. The first-order valence-corrected chi connectivity index (χ1v) is 8.77. The third-order valence-electron chi connectivity index (χ3n) is 3.57. The summed E-state index contributed by atoms with van der Waals surface area (Å²) in [6.45, 7) is 0. The van der Waals surface area contributed by atoms with Crippen LogP contribution in [-0.2, 0) is 9.59 Å². The van der Waals surface area contributed by atoms with E-state index in [2.05, 4.69) is 0 Å². The van der Waals surface area contributed by atoms with Gasteiger partial charge in [0.15, 0.2) is 0 Å². The van der Waals surface area contributed by atoms with Gasteiger partial charge in [-0.1, -0.05) is 0 Å². The second-order valence-corrected chi connectivity index (χ2v) is 7.05. The molecule has 2 unspecified atom stereocenters. The van der Waals surface area contributed by atoms with E-state index in [9.17, 15) is 9.59 Å². The van der Waals surface area contributed by atoms with Crippen molar-refractivity contribution in [2.75, 3.05) is 11.5 Å². The number of rotatable bonds is 3. The van der Waals surface area contributed by atoms with Gasteiger partial charge in [0.05, 0.1) is 36.6 Å². The molecule has 2 aliphatic rings. The molecule has 22 heavy (non-hydrogen) atoms. The lowest BCUT2D eigenvalue weighted by Gasteiger charge is -2.35. The van der Waals surface area contributed by atoms with Gasteiger partial charge in [0, 0.05) is 11.1 Å². The maximum atomic E-state index is 12.4. The van der Waals surface area contributed by atoms with Gasteiger partial charge in [0.2, 0.25) is 0 Å². The molecule has 2 aliphatic heterocycles. The molecule has 0 aliphatic carbocycles. The molecule has 2 amide bonds. The predicted molar refractivity (Wildman–Crippen MR) is 81.5 cm³/mol. The topological polar surface area (TPSA) is 66.9 Å². The number of thioether (sulfide) groups is 2. The van der Waals surface area contributed by atoms with Crippen molar-refractivity contribution in [3.05, 3.63) is 48.3 Å². The fraction of sp³-hybridized carbons (Fsp3) is 0.286. The molecule has 0 radical (unpaired) electrons. The van der Waals surface area contributed by atoms with E-state index >= 15 is 0 Å². The Bertz CT molecular complexity index is 626. The van der Waals surface area contributed by atoms with Crippen molar-refractivity contribution < 1.29 is 18.4 Å². The van der Waals surface area contributed by atoms with E-state index in [0.717, 1.165) is 11.1 Å². The van der Waals surface area contributed by atoms with Gasteiger partial charge >= 0.3 is 0 Å². The highest BCUT2D eigenvalue weighted by molar-refractivity contribution is 8.01. The summed E-state index contributed by atoms with van der Waals surface area (Å²) in [5.74, 6) is 0.561. The SMILES string of the molecule is O=C1CSC(c2ccoc2)N1N1C(=O)CSC1c1ccoc1. The highest BCUT2D eigenvalue weighted by Gasteiger charge is 2.46. The van der Waals surface area contributed by atoms with Crippen LogP contribution in [0.4, 0.5) is 0 Å². The molecule has 0 bridgehead atoms. The quantitative estimate of drug-likeness (QED) is 0.858. The molecule has 2 atom stereocenters. The van der Waals surface area contributed by atoms with Crippen molar-refractivity contribution in [2.24, 2.45) is 0 Å². The van der Waals surface area contributed by atoms with Crippen molar-refractivity contribution in [1.82, 2.24) is 10.0 Å². The number of carbonyl (C=O) groups is 2. The Labute approximate surface area is 134 Å². The first-order chi connectivity index (χ1) is 10.8. The Kier molecular flexibility index (Phi) is 3.42. The van der Waals surface area contributed by atoms with Crippen LogP contribution >= 0.6 is 23.5 Å². The normalized spacial score (nSPS) is 25.5. The van der Waals surface area contributed by atoms with Crippen LogP contribution in [0.3, 0.4) is 0 Å².